The third-order valence-corrected chi connectivity index (χ3v) is 6.36. The molecule has 5 aromatic rings. The van der Waals surface area contributed by atoms with Gasteiger partial charge in [-0.2, -0.15) is 5.10 Å². The number of anilines is 3. The van der Waals surface area contributed by atoms with Crippen molar-refractivity contribution in [2.24, 2.45) is 0 Å². The smallest absolute Gasteiger partial charge is 0.321 e. The highest BCUT2D eigenvalue weighted by Gasteiger charge is 2.19. The zero-order chi connectivity index (χ0) is 23.6. The number of rotatable bonds is 4. The first-order valence-corrected chi connectivity index (χ1v) is 11.9. The third-order valence-electron chi connectivity index (χ3n) is 6.36. The number of piperidine rings is 1. The molecule has 0 bridgehead atoms. The number of H-pyrrole nitrogens is 1. The minimum absolute atomic E-state index is 0.0790. The van der Waals surface area contributed by atoms with Crippen LogP contribution in [0.1, 0.15) is 19.3 Å². The number of para-hydroxylation sites is 2. The van der Waals surface area contributed by atoms with E-state index in [1.807, 2.05) is 71.6 Å². The van der Waals surface area contributed by atoms with E-state index < -0.39 is 0 Å². The Morgan fingerprint density at radius 2 is 1.74 bits per heavy atom. The molecule has 0 unspecified atom stereocenters. The quantitative estimate of drug-likeness (QED) is 0.307. The Balaban J connectivity index is 1.38. The van der Waals surface area contributed by atoms with E-state index >= 15 is 0 Å². The fourth-order valence-electron chi connectivity index (χ4n) is 4.53. The van der Waals surface area contributed by atoms with Gasteiger partial charge in [0.1, 0.15) is 5.82 Å². The van der Waals surface area contributed by atoms with Crippen LogP contribution in [0.5, 0.6) is 0 Å². The van der Waals surface area contributed by atoms with E-state index in [9.17, 15) is 4.79 Å². The number of carbonyl (C=O) groups is 1. The first kappa shape index (κ1) is 21.1. The van der Waals surface area contributed by atoms with Crippen molar-refractivity contribution in [3.8, 4) is 11.4 Å². The summed E-state index contributed by atoms with van der Waals surface area (Å²) in [5.74, 6) is 1.25. The van der Waals surface area contributed by atoms with E-state index in [0.717, 1.165) is 59.0 Å². The summed E-state index contributed by atoms with van der Waals surface area (Å²) >= 11 is 0. The number of hydrogen-bond donors (Lipinski definition) is 3. The number of hydrogen-bond acceptors (Lipinski definition) is 5. The fourth-order valence-corrected chi connectivity index (χ4v) is 4.53. The van der Waals surface area contributed by atoms with Gasteiger partial charge in [0.15, 0.2) is 5.82 Å². The Kier molecular flexibility index (Phi) is 5.46. The molecule has 2 aromatic heterocycles. The van der Waals surface area contributed by atoms with Crippen molar-refractivity contribution in [3.63, 3.8) is 0 Å². The maximum atomic E-state index is 12.9. The standard InChI is InChI=1S/C27H25N7O/c35-27(34-14-6-1-7-15-34)31-24-11-5-3-9-21(24)26-30-23-10-4-2-8-20(23)25(32-26)29-19-12-13-22-18(16-19)17-28-33-22/h2-5,8-13,16-17H,1,6-7,14-15H2,(H,28,33)(H,31,35)(H,29,30,32). The van der Waals surface area contributed by atoms with E-state index in [1.165, 1.54) is 6.42 Å². The van der Waals surface area contributed by atoms with E-state index in [-0.39, 0.29) is 6.03 Å². The molecule has 0 spiro atoms. The van der Waals surface area contributed by atoms with E-state index in [0.29, 0.717) is 17.3 Å². The summed E-state index contributed by atoms with van der Waals surface area (Å²) in [7, 11) is 0. The SMILES string of the molecule is O=C(Nc1ccccc1-c1nc(Nc2ccc3[nH]ncc3c2)c2ccccc2n1)N1CCCCC1. The molecule has 1 aliphatic rings. The van der Waals surface area contributed by atoms with Crippen LogP contribution in [-0.2, 0) is 0 Å². The predicted molar refractivity (Wildman–Crippen MR) is 139 cm³/mol. The summed E-state index contributed by atoms with van der Waals surface area (Å²) in [6.45, 7) is 1.57. The Labute approximate surface area is 202 Å². The van der Waals surface area contributed by atoms with Gasteiger partial charge >= 0.3 is 6.03 Å². The highest BCUT2D eigenvalue weighted by Crippen LogP contribution is 2.31. The van der Waals surface area contributed by atoms with E-state index in [1.54, 1.807) is 6.20 Å². The van der Waals surface area contributed by atoms with Gasteiger partial charge in [0.05, 0.1) is 22.9 Å². The molecular weight excluding hydrogens is 438 g/mol. The average Bonchev–Trinajstić information content (AvgIpc) is 3.37. The zero-order valence-corrected chi connectivity index (χ0v) is 19.2. The number of aromatic nitrogens is 4. The van der Waals surface area contributed by atoms with Crippen LogP contribution in [0.2, 0.25) is 0 Å². The maximum absolute atomic E-state index is 12.9. The minimum atomic E-state index is -0.0790. The van der Waals surface area contributed by atoms with Crippen molar-refractivity contribution < 1.29 is 4.79 Å². The molecule has 0 aliphatic carbocycles. The van der Waals surface area contributed by atoms with E-state index in [2.05, 4.69) is 20.8 Å². The molecule has 6 rings (SSSR count). The highest BCUT2D eigenvalue weighted by atomic mass is 16.2. The summed E-state index contributed by atoms with van der Waals surface area (Å²) in [4.78, 5) is 24.5. The first-order chi connectivity index (χ1) is 17.2. The molecule has 1 aliphatic heterocycles. The topological polar surface area (TPSA) is 98.8 Å². The number of aromatic amines is 1. The molecule has 174 valence electrons. The third kappa shape index (κ3) is 4.26. The van der Waals surface area contributed by atoms with Gasteiger partial charge in [-0.3, -0.25) is 5.10 Å². The molecule has 3 N–H and O–H groups in total. The number of fused-ring (bicyclic) bond motifs is 2. The lowest BCUT2D eigenvalue weighted by Crippen LogP contribution is -2.38. The average molecular weight is 464 g/mol. The van der Waals surface area contributed by atoms with E-state index in [4.69, 9.17) is 9.97 Å². The van der Waals surface area contributed by atoms with Crippen LogP contribution in [-0.4, -0.2) is 44.2 Å². The monoisotopic (exact) mass is 463 g/mol. The van der Waals surface area contributed by atoms with Crippen LogP contribution in [0.4, 0.5) is 22.0 Å². The van der Waals surface area contributed by atoms with Crippen LogP contribution in [0.3, 0.4) is 0 Å². The van der Waals surface area contributed by atoms with Gasteiger partial charge in [-0.25, -0.2) is 14.8 Å². The fraction of sp³-hybridized carbons (Fsp3) is 0.185. The lowest BCUT2D eigenvalue weighted by molar-refractivity contribution is 0.200. The summed E-state index contributed by atoms with van der Waals surface area (Å²) in [5.41, 5.74) is 4.17. The van der Waals surface area contributed by atoms with Gasteiger partial charge in [-0.15, -0.1) is 0 Å². The number of likely N-dealkylation sites (tertiary alicyclic amines) is 1. The van der Waals surface area contributed by atoms with Crippen LogP contribution < -0.4 is 10.6 Å². The van der Waals surface area contributed by atoms with Crippen LogP contribution in [0.15, 0.2) is 72.9 Å². The molecule has 1 saturated heterocycles. The Hall–Kier alpha value is -4.46. The molecule has 0 atom stereocenters. The van der Waals surface area contributed by atoms with Crippen LogP contribution >= 0.6 is 0 Å². The van der Waals surface area contributed by atoms with Gasteiger partial charge in [0.25, 0.3) is 0 Å². The number of nitrogens with one attached hydrogen (secondary N) is 3. The maximum Gasteiger partial charge on any atom is 0.321 e. The molecule has 8 heteroatoms. The van der Waals surface area contributed by atoms with Gasteiger partial charge in [0.2, 0.25) is 0 Å². The van der Waals surface area contributed by atoms with Gasteiger partial charge in [0, 0.05) is 35.1 Å². The molecule has 35 heavy (non-hydrogen) atoms. The number of urea groups is 1. The van der Waals surface area contributed by atoms with Crippen molar-refractivity contribution in [1.82, 2.24) is 25.1 Å². The molecule has 0 radical (unpaired) electrons. The second-order valence-electron chi connectivity index (χ2n) is 8.73. The lowest BCUT2D eigenvalue weighted by atomic mass is 10.1. The van der Waals surface area contributed by atoms with Crippen molar-refractivity contribution in [2.75, 3.05) is 23.7 Å². The van der Waals surface area contributed by atoms with Crippen molar-refractivity contribution >= 4 is 45.0 Å². The zero-order valence-electron chi connectivity index (χ0n) is 19.2. The lowest BCUT2D eigenvalue weighted by Gasteiger charge is -2.27. The molecule has 3 aromatic carbocycles. The molecule has 1 fully saturated rings. The van der Waals surface area contributed by atoms with Crippen LogP contribution in [0, 0.1) is 0 Å². The number of carbonyl (C=O) groups excluding carboxylic acids is 1. The second-order valence-corrected chi connectivity index (χ2v) is 8.73. The Morgan fingerprint density at radius 3 is 2.66 bits per heavy atom. The normalized spacial score (nSPS) is 13.8. The summed E-state index contributed by atoms with van der Waals surface area (Å²) in [6.07, 6.45) is 5.06. The largest absolute Gasteiger partial charge is 0.340 e. The minimum Gasteiger partial charge on any atom is -0.340 e. The van der Waals surface area contributed by atoms with Crippen molar-refractivity contribution in [1.29, 1.82) is 0 Å². The summed E-state index contributed by atoms with van der Waals surface area (Å²) < 4.78 is 0. The first-order valence-electron chi connectivity index (χ1n) is 11.9. The van der Waals surface area contributed by atoms with Crippen molar-refractivity contribution in [3.05, 3.63) is 72.9 Å². The summed E-state index contributed by atoms with van der Waals surface area (Å²) in [5, 5.41) is 15.6. The predicted octanol–water partition coefficient (Wildman–Crippen LogP) is 5.93. The molecular formula is C27H25N7O. The Bertz CT molecular complexity index is 1520. The number of nitrogens with zero attached hydrogens (tertiary/aromatic N) is 4. The van der Waals surface area contributed by atoms with Gasteiger partial charge in [-0.05, 0) is 61.7 Å². The highest BCUT2D eigenvalue weighted by molar-refractivity contribution is 5.96. The summed E-state index contributed by atoms with van der Waals surface area (Å²) in [6, 6.07) is 21.5. The number of benzene rings is 3. The van der Waals surface area contributed by atoms with Crippen molar-refractivity contribution in [2.45, 2.75) is 19.3 Å². The van der Waals surface area contributed by atoms with Gasteiger partial charge in [-0.1, -0.05) is 24.3 Å². The molecule has 3 heterocycles. The van der Waals surface area contributed by atoms with Crippen LogP contribution in [0.25, 0.3) is 33.2 Å². The molecule has 2 amide bonds. The van der Waals surface area contributed by atoms with Gasteiger partial charge < -0.3 is 15.5 Å². The molecule has 0 saturated carbocycles. The molecule has 8 nitrogen and oxygen atoms in total. The number of amides is 2. The second kappa shape index (κ2) is 9.06. The Morgan fingerprint density at radius 1 is 0.914 bits per heavy atom.